The van der Waals surface area contributed by atoms with Gasteiger partial charge < -0.3 is 4.90 Å². The Kier molecular flexibility index (Phi) is 4.02. The van der Waals surface area contributed by atoms with Gasteiger partial charge in [-0.15, -0.1) is 0 Å². The molecule has 0 aliphatic carbocycles. The third-order valence-corrected chi connectivity index (χ3v) is 4.40. The molecule has 2 aromatic heterocycles. The fourth-order valence-electron chi connectivity index (χ4n) is 3.07. The molecule has 0 saturated carbocycles. The number of amides is 1. The Hall–Kier alpha value is -2.44. The first-order valence-corrected chi connectivity index (χ1v) is 7.85. The van der Waals surface area contributed by atoms with Crippen LogP contribution in [0.1, 0.15) is 36.5 Å². The maximum atomic E-state index is 12.7. The molecule has 0 radical (unpaired) electrons. The first kappa shape index (κ1) is 15.5. The van der Waals surface area contributed by atoms with Gasteiger partial charge in [0.1, 0.15) is 5.65 Å². The van der Waals surface area contributed by atoms with Gasteiger partial charge in [0, 0.05) is 26.3 Å². The third kappa shape index (κ3) is 2.91. The quantitative estimate of drug-likeness (QED) is 0.846. The molecule has 1 saturated heterocycles. The van der Waals surface area contributed by atoms with Crippen LogP contribution in [0.25, 0.3) is 11.0 Å². The number of H-pyrrole nitrogens is 1. The zero-order valence-corrected chi connectivity index (χ0v) is 13.3. The summed E-state index contributed by atoms with van der Waals surface area (Å²) in [6.07, 6.45) is 4.69. The van der Waals surface area contributed by atoms with Crippen LogP contribution in [-0.4, -0.2) is 38.4 Å². The van der Waals surface area contributed by atoms with Crippen LogP contribution in [0.5, 0.6) is 0 Å². The summed E-state index contributed by atoms with van der Waals surface area (Å²) in [5.74, 6) is 0.362. The number of nitrogens with one attached hydrogen (secondary N) is 1. The van der Waals surface area contributed by atoms with E-state index in [-0.39, 0.29) is 16.9 Å². The number of likely N-dealkylation sites (tertiary alicyclic amines) is 1. The summed E-state index contributed by atoms with van der Waals surface area (Å²) in [6, 6.07) is 1.53. The van der Waals surface area contributed by atoms with Gasteiger partial charge in [-0.3, -0.25) is 19.1 Å². The highest BCUT2D eigenvalue weighted by Gasteiger charge is 2.21. The van der Waals surface area contributed by atoms with Crippen molar-refractivity contribution in [3.05, 3.63) is 38.7 Å². The Bertz CT molecular complexity index is 868. The van der Waals surface area contributed by atoms with Crippen molar-refractivity contribution in [2.45, 2.75) is 26.2 Å². The van der Waals surface area contributed by atoms with E-state index in [0.717, 1.165) is 32.4 Å². The number of fused-ring (bicyclic) bond motifs is 1. The van der Waals surface area contributed by atoms with Crippen LogP contribution in [-0.2, 0) is 7.05 Å². The van der Waals surface area contributed by atoms with Crippen molar-refractivity contribution in [1.29, 1.82) is 0 Å². The maximum Gasteiger partial charge on any atom is 0.329 e. The number of nitrogens with zero attached hydrogens (tertiary/aromatic N) is 3. The predicted octanol–water partition coefficient (Wildman–Crippen LogP) is 0.884. The lowest BCUT2D eigenvalue weighted by Gasteiger charge is -2.22. The summed E-state index contributed by atoms with van der Waals surface area (Å²) in [7, 11) is 1.53. The van der Waals surface area contributed by atoms with Crippen molar-refractivity contribution in [3.63, 3.8) is 0 Å². The molecule has 1 N–H and O–H groups in total. The molecule has 7 heteroatoms. The number of carbonyl (C=O) groups excluding carboxylic acids is 1. The van der Waals surface area contributed by atoms with Crippen LogP contribution >= 0.6 is 0 Å². The molecule has 3 rings (SSSR count). The number of carbonyl (C=O) groups is 1. The number of pyridine rings is 1. The van der Waals surface area contributed by atoms with Crippen LogP contribution in [0.4, 0.5) is 0 Å². The molecule has 1 unspecified atom stereocenters. The number of hydrogen-bond acceptors (Lipinski definition) is 4. The van der Waals surface area contributed by atoms with Crippen molar-refractivity contribution in [2.75, 3.05) is 13.1 Å². The highest BCUT2D eigenvalue weighted by atomic mass is 16.2. The molecule has 3 heterocycles. The minimum absolute atomic E-state index is 0.110. The Balaban J connectivity index is 2.01. The summed E-state index contributed by atoms with van der Waals surface area (Å²) in [5, 5.41) is 0.251. The van der Waals surface area contributed by atoms with E-state index < -0.39 is 11.2 Å². The Morgan fingerprint density at radius 1 is 1.35 bits per heavy atom. The van der Waals surface area contributed by atoms with E-state index in [9.17, 15) is 14.4 Å². The molecular weight excluding hydrogens is 296 g/mol. The lowest BCUT2D eigenvalue weighted by molar-refractivity contribution is 0.0744. The van der Waals surface area contributed by atoms with Gasteiger partial charge >= 0.3 is 5.69 Å². The van der Waals surface area contributed by atoms with Crippen molar-refractivity contribution < 1.29 is 4.79 Å². The molecule has 1 aliphatic heterocycles. The monoisotopic (exact) mass is 316 g/mol. The average molecular weight is 316 g/mol. The smallest absolute Gasteiger partial charge is 0.329 e. The second kappa shape index (κ2) is 5.98. The van der Waals surface area contributed by atoms with Crippen LogP contribution in [0.2, 0.25) is 0 Å². The predicted molar refractivity (Wildman–Crippen MR) is 86.5 cm³/mol. The average Bonchev–Trinajstić information content (AvgIpc) is 2.76. The molecule has 1 amide bonds. The first-order valence-electron chi connectivity index (χ1n) is 7.85. The summed E-state index contributed by atoms with van der Waals surface area (Å²) in [4.78, 5) is 44.5. The molecule has 1 atom stereocenters. The normalized spacial score (nSPS) is 18.9. The van der Waals surface area contributed by atoms with Gasteiger partial charge in [-0.25, -0.2) is 9.78 Å². The number of aryl methyl sites for hydroxylation is 1. The standard InChI is InChI=1S/C16H20N4O3/c1-10-5-3-4-6-20(9-10)15(22)11-7-12-13(17-8-11)19(2)16(23)18-14(12)21/h7-8,10H,3-6,9H2,1-2H3,(H,18,21,23). The van der Waals surface area contributed by atoms with Crippen molar-refractivity contribution in [1.82, 2.24) is 19.4 Å². The zero-order valence-electron chi connectivity index (χ0n) is 13.3. The molecule has 2 aromatic rings. The van der Waals surface area contributed by atoms with E-state index in [2.05, 4.69) is 16.9 Å². The van der Waals surface area contributed by atoms with E-state index in [0.29, 0.717) is 11.5 Å². The van der Waals surface area contributed by atoms with E-state index in [4.69, 9.17) is 0 Å². The number of hydrogen-bond donors (Lipinski definition) is 1. The number of aromatic nitrogens is 3. The number of rotatable bonds is 1. The van der Waals surface area contributed by atoms with E-state index in [1.54, 1.807) is 0 Å². The molecule has 7 nitrogen and oxygen atoms in total. The van der Waals surface area contributed by atoms with Gasteiger partial charge in [0.15, 0.2) is 0 Å². The van der Waals surface area contributed by atoms with Gasteiger partial charge in [-0.2, -0.15) is 0 Å². The fraction of sp³-hybridized carbons (Fsp3) is 0.500. The van der Waals surface area contributed by atoms with Crippen molar-refractivity contribution in [2.24, 2.45) is 13.0 Å². The molecule has 0 bridgehead atoms. The molecular formula is C16H20N4O3. The van der Waals surface area contributed by atoms with Gasteiger partial charge in [0.05, 0.1) is 10.9 Å². The maximum absolute atomic E-state index is 12.7. The summed E-state index contributed by atoms with van der Waals surface area (Å²) in [6.45, 7) is 3.59. The summed E-state index contributed by atoms with van der Waals surface area (Å²) >= 11 is 0. The molecule has 0 spiro atoms. The van der Waals surface area contributed by atoms with E-state index in [1.165, 1.54) is 23.9 Å². The SMILES string of the molecule is CC1CCCCN(C(=O)c2cnc3c(c2)c(=O)[nH]c(=O)n3C)C1. The second-order valence-electron chi connectivity index (χ2n) is 6.27. The van der Waals surface area contributed by atoms with Crippen LogP contribution in [0, 0.1) is 5.92 Å². The fourth-order valence-corrected chi connectivity index (χ4v) is 3.07. The van der Waals surface area contributed by atoms with Crippen LogP contribution in [0.15, 0.2) is 21.9 Å². The van der Waals surface area contributed by atoms with Gasteiger partial charge in [0.2, 0.25) is 0 Å². The third-order valence-electron chi connectivity index (χ3n) is 4.40. The first-order chi connectivity index (χ1) is 11.0. The highest BCUT2D eigenvalue weighted by molar-refractivity contribution is 5.96. The van der Waals surface area contributed by atoms with Gasteiger partial charge in [-0.05, 0) is 24.8 Å². The highest BCUT2D eigenvalue weighted by Crippen LogP contribution is 2.18. The topological polar surface area (TPSA) is 88.1 Å². The minimum atomic E-state index is -0.519. The summed E-state index contributed by atoms with van der Waals surface area (Å²) in [5.41, 5.74) is -0.375. The van der Waals surface area contributed by atoms with Crippen molar-refractivity contribution >= 4 is 16.9 Å². The minimum Gasteiger partial charge on any atom is -0.338 e. The van der Waals surface area contributed by atoms with E-state index in [1.807, 2.05) is 4.90 Å². The molecule has 0 aromatic carbocycles. The Labute approximate surface area is 133 Å². The lowest BCUT2D eigenvalue weighted by Crippen LogP contribution is -2.34. The zero-order chi connectivity index (χ0) is 16.6. The molecule has 1 aliphatic rings. The lowest BCUT2D eigenvalue weighted by atomic mass is 10.1. The molecule has 23 heavy (non-hydrogen) atoms. The molecule has 1 fully saturated rings. The Morgan fingerprint density at radius 2 is 2.13 bits per heavy atom. The summed E-state index contributed by atoms with van der Waals surface area (Å²) < 4.78 is 1.26. The van der Waals surface area contributed by atoms with Crippen LogP contribution in [0.3, 0.4) is 0 Å². The number of aromatic amines is 1. The van der Waals surface area contributed by atoms with Crippen LogP contribution < -0.4 is 11.2 Å². The van der Waals surface area contributed by atoms with Gasteiger partial charge in [-0.1, -0.05) is 13.3 Å². The largest absolute Gasteiger partial charge is 0.338 e. The Morgan fingerprint density at radius 3 is 2.91 bits per heavy atom. The second-order valence-corrected chi connectivity index (χ2v) is 6.27. The van der Waals surface area contributed by atoms with Gasteiger partial charge in [0.25, 0.3) is 11.5 Å². The van der Waals surface area contributed by atoms with E-state index >= 15 is 0 Å². The molecule has 122 valence electrons. The van der Waals surface area contributed by atoms with Crippen molar-refractivity contribution in [3.8, 4) is 0 Å².